The van der Waals surface area contributed by atoms with Crippen molar-refractivity contribution in [3.63, 3.8) is 0 Å². The molecular weight excluding hydrogens is 220 g/mol. The minimum atomic E-state index is -0.586. The summed E-state index contributed by atoms with van der Waals surface area (Å²) in [5.41, 5.74) is 2.30. The Morgan fingerprint density at radius 2 is 2.06 bits per heavy atom. The number of aryl methyl sites for hydroxylation is 1. The second-order valence-electron chi connectivity index (χ2n) is 5.73. The van der Waals surface area contributed by atoms with Gasteiger partial charge >= 0.3 is 0 Å². The van der Waals surface area contributed by atoms with E-state index in [0.717, 1.165) is 5.69 Å². The molecule has 1 N–H and O–H groups in total. The molecule has 0 radical (unpaired) electrons. The summed E-state index contributed by atoms with van der Waals surface area (Å²) in [6.07, 6.45) is 5.01. The maximum Gasteiger partial charge on any atom is 0.124 e. The van der Waals surface area contributed by atoms with Crippen molar-refractivity contribution in [1.82, 2.24) is 5.31 Å². The fourth-order valence-electron chi connectivity index (χ4n) is 3.49. The van der Waals surface area contributed by atoms with Crippen LogP contribution in [0.4, 0.5) is 5.69 Å². The Bertz CT molecular complexity index is 473. The Balaban J connectivity index is 1.91. The third-order valence-electron chi connectivity index (χ3n) is 4.57. The molecule has 2 heteroatoms. The SMILES string of the molecule is [2H]C1N([2H])C(C2CCCC2)[C@H](C)N1c1ccccc1C. The highest BCUT2D eigenvalue weighted by Crippen LogP contribution is 2.34. The summed E-state index contributed by atoms with van der Waals surface area (Å²) in [4.78, 5) is 2.12. The first-order valence-corrected chi connectivity index (χ1v) is 7.14. The molecule has 18 heavy (non-hydrogen) atoms. The first-order chi connectivity index (χ1) is 9.61. The van der Waals surface area contributed by atoms with Crippen LogP contribution in [0.1, 0.15) is 39.5 Å². The number of hydrogen-bond donors (Lipinski definition) is 1. The molecule has 2 aliphatic rings. The third-order valence-corrected chi connectivity index (χ3v) is 4.57. The van der Waals surface area contributed by atoms with Gasteiger partial charge in [0.15, 0.2) is 0 Å². The zero-order chi connectivity index (χ0) is 14.3. The molecule has 0 aromatic heterocycles. The fraction of sp³-hybridized carbons (Fsp3) is 0.625. The molecule has 2 fully saturated rings. The first kappa shape index (κ1) is 9.85. The average Bonchev–Trinajstić information content (AvgIpc) is 3.01. The molecule has 2 nitrogen and oxygen atoms in total. The molecule has 3 atom stereocenters. The van der Waals surface area contributed by atoms with Crippen LogP contribution < -0.4 is 10.2 Å². The summed E-state index contributed by atoms with van der Waals surface area (Å²) < 4.78 is 16.8. The van der Waals surface area contributed by atoms with Gasteiger partial charge in [0.1, 0.15) is 1.41 Å². The number of rotatable bonds is 2. The Morgan fingerprint density at radius 3 is 2.78 bits per heavy atom. The van der Waals surface area contributed by atoms with Gasteiger partial charge in [-0.3, -0.25) is 5.31 Å². The van der Waals surface area contributed by atoms with Crippen molar-refractivity contribution in [2.24, 2.45) is 5.92 Å². The molecule has 0 spiro atoms. The van der Waals surface area contributed by atoms with E-state index in [4.69, 9.17) is 2.78 Å². The van der Waals surface area contributed by atoms with Crippen LogP contribution in [-0.2, 0) is 0 Å². The lowest BCUT2D eigenvalue weighted by molar-refractivity contribution is 0.376. The molecule has 1 saturated carbocycles. The van der Waals surface area contributed by atoms with Gasteiger partial charge in [-0.15, -0.1) is 0 Å². The summed E-state index contributed by atoms with van der Waals surface area (Å²) in [5, 5.41) is 1.53. The molecular formula is C16H24N2. The maximum absolute atomic E-state index is 8.42. The first-order valence-electron chi connectivity index (χ1n) is 8.17. The largest absolute Gasteiger partial charge is 0.354 e. The Kier molecular flexibility index (Phi) is 2.70. The molecule has 2 unspecified atom stereocenters. The Morgan fingerprint density at radius 1 is 1.33 bits per heavy atom. The predicted molar refractivity (Wildman–Crippen MR) is 76.9 cm³/mol. The lowest BCUT2D eigenvalue weighted by Gasteiger charge is -2.29. The van der Waals surface area contributed by atoms with E-state index < -0.39 is 6.64 Å². The summed E-state index contributed by atoms with van der Waals surface area (Å²) in [6, 6.07) is 8.66. The van der Waals surface area contributed by atoms with Gasteiger partial charge in [-0.1, -0.05) is 31.0 Å². The highest BCUT2D eigenvalue weighted by atomic mass is 15.3. The highest BCUT2D eigenvalue weighted by Gasteiger charge is 2.37. The smallest absolute Gasteiger partial charge is 0.124 e. The van der Waals surface area contributed by atoms with Crippen molar-refractivity contribution < 1.29 is 2.78 Å². The van der Waals surface area contributed by atoms with Crippen LogP contribution in [0.25, 0.3) is 0 Å². The second-order valence-corrected chi connectivity index (χ2v) is 5.73. The summed E-state index contributed by atoms with van der Waals surface area (Å²) in [6.45, 7) is 3.69. The van der Waals surface area contributed by atoms with E-state index in [0.29, 0.717) is 5.92 Å². The fourth-order valence-corrected chi connectivity index (χ4v) is 3.49. The van der Waals surface area contributed by atoms with E-state index in [-0.39, 0.29) is 12.1 Å². The van der Waals surface area contributed by atoms with Gasteiger partial charge in [-0.05, 0) is 44.2 Å². The summed E-state index contributed by atoms with van der Waals surface area (Å²) in [7, 11) is 0. The number of nitrogens with zero attached hydrogens (tertiary/aromatic N) is 1. The lowest BCUT2D eigenvalue weighted by atomic mass is 9.93. The van der Waals surface area contributed by atoms with E-state index in [9.17, 15) is 0 Å². The maximum atomic E-state index is 8.42. The van der Waals surface area contributed by atoms with E-state index in [1.807, 2.05) is 12.1 Å². The van der Waals surface area contributed by atoms with Crippen molar-refractivity contribution in [3.8, 4) is 0 Å². The normalized spacial score (nSPS) is 35.9. The van der Waals surface area contributed by atoms with E-state index >= 15 is 0 Å². The number of benzene rings is 1. The molecule has 1 aromatic rings. The molecule has 1 aliphatic heterocycles. The van der Waals surface area contributed by atoms with E-state index in [1.165, 1.54) is 36.6 Å². The van der Waals surface area contributed by atoms with Crippen molar-refractivity contribution in [2.75, 3.05) is 11.5 Å². The zero-order valence-corrected chi connectivity index (χ0v) is 11.3. The topological polar surface area (TPSA) is 15.3 Å². The molecule has 1 saturated heterocycles. The highest BCUT2D eigenvalue weighted by molar-refractivity contribution is 5.54. The molecule has 3 rings (SSSR count). The predicted octanol–water partition coefficient (Wildman–Crippen LogP) is 3.31. The Labute approximate surface area is 113 Å². The zero-order valence-electron chi connectivity index (χ0n) is 13.3. The van der Waals surface area contributed by atoms with Crippen LogP contribution in [0, 0.1) is 12.8 Å². The monoisotopic (exact) mass is 246 g/mol. The van der Waals surface area contributed by atoms with Gasteiger partial charge in [0, 0.05) is 17.8 Å². The van der Waals surface area contributed by atoms with Crippen molar-refractivity contribution in [1.29, 1.82) is 0 Å². The van der Waals surface area contributed by atoms with Crippen LogP contribution in [0.2, 0.25) is 1.41 Å². The average molecular weight is 246 g/mol. The van der Waals surface area contributed by atoms with Gasteiger partial charge in [0.25, 0.3) is 0 Å². The van der Waals surface area contributed by atoms with Gasteiger partial charge in [-0.25, -0.2) is 0 Å². The van der Waals surface area contributed by atoms with Crippen LogP contribution in [0.5, 0.6) is 0 Å². The second kappa shape index (κ2) is 4.93. The number of hydrogen-bond acceptors (Lipinski definition) is 2. The van der Waals surface area contributed by atoms with Gasteiger partial charge < -0.3 is 4.90 Å². The standard InChI is InChI=1S/C16H24N2/c1-12-7-3-6-10-15(12)18-11-17-16(13(18)2)14-8-4-5-9-14/h3,6-7,10,13-14,16-17H,4-5,8-9,11H2,1-2H3/t13-,16?/m0/s1/i11D/hD/t11?,13-,16?. The molecule has 1 aromatic carbocycles. The van der Waals surface area contributed by atoms with Gasteiger partial charge in [-0.2, -0.15) is 0 Å². The van der Waals surface area contributed by atoms with E-state index in [2.05, 4.69) is 30.9 Å². The van der Waals surface area contributed by atoms with Crippen LogP contribution in [0.15, 0.2) is 24.3 Å². The number of nitrogens with one attached hydrogen (secondary N) is 1. The molecule has 98 valence electrons. The Hall–Kier alpha value is -1.02. The molecule has 1 aliphatic carbocycles. The van der Waals surface area contributed by atoms with Crippen molar-refractivity contribution >= 4 is 5.69 Å². The van der Waals surface area contributed by atoms with Crippen molar-refractivity contribution in [2.45, 2.75) is 51.6 Å². The van der Waals surface area contributed by atoms with E-state index in [1.54, 1.807) is 0 Å². The molecule has 0 amide bonds. The molecule has 1 heterocycles. The van der Waals surface area contributed by atoms with Crippen LogP contribution in [-0.4, -0.2) is 18.7 Å². The van der Waals surface area contributed by atoms with Crippen LogP contribution in [0.3, 0.4) is 0 Å². The van der Waals surface area contributed by atoms with Gasteiger partial charge in [0.2, 0.25) is 0 Å². The quantitative estimate of drug-likeness (QED) is 0.861. The number of para-hydroxylation sites is 1. The summed E-state index contributed by atoms with van der Waals surface area (Å²) in [5.74, 6) is 0.587. The minimum Gasteiger partial charge on any atom is -0.354 e. The lowest BCUT2D eigenvalue weighted by Crippen LogP contribution is -2.38. The van der Waals surface area contributed by atoms with Gasteiger partial charge in [0.05, 0.1) is 8.02 Å². The van der Waals surface area contributed by atoms with Crippen molar-refractivity contribution in [3.05, 3.63) is 29.8 Å². The van der Waals surface area contributed by atoms with Crippen LogP contribution >= 0.6 is 0 Å². The summed E-state index contributed by atoms with van der Waals surface area (Å²) >= 11 is 0. The third kappa shape index (κ3) is 2.03. The molecule has 0 bridgehead atoms. The number of anilines is 1. The minimum absolute atomic E-state index is 0.194.